The summed E-state index contributed by atoms with van der Waals surface area (Å²) in [7, 11) is 0. The summed E-state index contributed by atoms with van der Waals surface area (Å²) in [5, 5.41) is 7.40. The van der Waals surface area contributed by atoms with Crippen LogP contribution in [-0.2, 0) is 25.8 Å². The third-order valence-electron chi connectivity index (χ3n) is 0. The van der Waals surface area contributed by atoms with Crippen molar-refractivity contribution in [3.8, 4) is 3.63 Å². The molecule has 0 aromatic rings. The van der Waals surface area contributed by atoms with Crippen LogP contribution in [-0.4, -0.2) is 29.6 Å². The van der Waals surface area contributed by atoms with E-state index in [-0.39, 0.29) is 29.6 Å². The molecule has 0 aliphatic heterocycles. The molecule has 4 heavy (non-hydrogen) atoms. The van der Waals surface area contributed by atoms with Crippen LogP contribution < -0.4 is 0 Å². The van der Waals surface area contributed by atoms with Crippen molar-refractivity contribution < 1.29 is 25.8 Å². The standard InChI is InChI=1S/CN.Cd.Na.H/c1-2;;;. The van der Waals surface area contributed by atoms with Crippen molar-refractivity contribution in [3.05, 3.63) is 0 Å². The molecule has 0 saturated carbocycles. The topological polar surface area (TPSA) is 23.8 Å². The van der Waals surface area contributed by atoms with Gasteiger partial charge in [0.1, 0.15) is 0 Å². The predicted octanol–water partition coefficient (Wildman–Crippen LogP) is -0.634. The minimum atomic E-state index is 0. The molecule has 0 saturated heterocycles. The van der Waals surface area contributed by atoms with Crippen LogP contribution in [0.25, 0.3) is 0 Å². The zero-order valence-electron chi connectivity index (χ0n) is 1.65. The van der Waals surface area contributed by atoms with Gasteiger partial charge in [-0.25, -0.2) is 0 Å². The zero-order valence-corrected chi connectivity index (χ0v) is 5.69. The quantitative estimate of drug-likeness (QED) is 0.435. The molecule has 0 spiro atoms. The number of rotatable bonds is 0. The third kappa shape index (κ3) is 9.96. The van der Waals surface area contributed by atoms with Crippen LogP contribution in [0.3, 0.4) is 0 Å². The molecular formula is CHCdNNa. The van der Waals surface area contributed by atoms with Gasteiger partial charge in [0.2, 0.25) is 0 Å². The first kappa shape index (κ1) is 9.05. The summed E-state index contributed by atoms with van der Waals surface area (Å²) in [5.74, 6) is 0. The molecule has 0 fully saturated rings. The molecule has 13 valence electrons. The van der Waals surface area contributed by atoms with E-state index in [2.05, 4.69) is 0 Å². The van der Waals surface area contributed by atoms with Gasteiger partial charge in [-0.05, 0) is 0 Å². The second-order valence-corrected chi connectivity index (χ2v) is 1.06. The summed E-state index contributed by atoms with van der Waals surface area (Å²) in [6.45, 7) is 0. The summed E-state index contributed by atoms with van der Waals surface area (Å²) in [4.78, 5) is 0. The number of hydrogen-bond acceptors (Lipinski definition) is 1. The fourth-order valence-corrected chi connectivity index (χ4v) is 0. The monoisotopic (exact) mass is 164 g/mol. The number of nitriles is 1. The van der Waals surface area contributed by atoms with Crippen LogP contribution in [0.2, 0.25) is 0 Å². The van der Waals surface area contributed by atoms with E-state index < -0.39 is 0 Å². The molecule has 0 aliphatic carbocycles. The fourth-order valence-electron chi connectivity index (χ4n) is 0. The molecule has 0 atom stereocenters. The summed E-state index contributed by atoms with van der Waals surface area (Å²) in [6.07, 6.45) is 0. The van der Waals surface area contributed by atoms with E-state index in [1.54, 1.807) is 0 Å². The van der Waals surface area contributed by atoms with Crippen LogP contribution in [0.15, 0.2) is 0 Å². The van der Waals surface area contributed by atoms with Gasteiger partial charge in [-0.3, -0.25) is 0 Å². The zero-order chi connectivity index (χ0) is 2.71. The Bertz CT molecular complexity index is 29.5. The first-order valence-electron chi connectivity index (χ1n) is 0.577. The van der Waals surface area contributed by atoms with Gasteiger partial charge >= 0.3 is 64.2 Å². The van der Waals surface area contributed by atoms with Crippen molar-refractivity contribution >= 4 is 29.6 Å². The Morgan fingerprint density at radius 2 is 1.75 bits per heavy atom. The van der Waals surface area contributed by atoms with Gasteiger partial charge in [0, 0.05) is 0 Å². The molecule has 0 radical (unpaired) electrons. The molecule has 0 N–H and O–H groups in total. The second kappa shape index (κ2) is 8.83. The van der Waals surface area contributed by atoms with Gasteiger partial charge in [-0.2, -0.15) is 0 Å². The Morgan fingerprint density at radius 1 is 1.75 bits per heavy atom. The summed E-state index contributed by atoms with van der Waals surface area (Å²) >= 11 is 0.505. The van der Waals surface area contributed by atoms with E-state index in [4.69, 9.17) is 5.26 Å². The molecule has 0 aliphatic rings. The molecule has 0 bridgehead atoms. The molecule has 0 rings (SSSR count). The summed E-state index contributed by atoms with van der Waals surface area (Å²) < 4.78 is 1.92. The van der Waals surface area contributed by atoms with Crippen LogP contribution in [0.5, 0.6) is 0 Å². The maximum absolute atomic E-state index is 7.40. The Labute approximate surface area is 63.4 Å². The van der Waals surface area contributed by atoms with Crippen molar-refractivity contribution in [2.24, 2.45) is 0 Å². The van der Waals surface area contributed by atoms with Crippen molar-refractivity contribution in [2.45, 2.75) is 0 Å². The van der Waals surface area contributed by atoms with E-state index in [1.165, 1.54) is 0 Å². The fraction of sp³-hybridized carbons (Fsp3) is 0. The van der Waals surface area contributed by atoms with E-state index in [9.17, 15) is 0 Å². The van der Waals surface area contributed by atoms with E-state index in [0.717, 1.165) is 0 Å². The molecule has 1 nitrogen and oxygen atoms in total. The maximum atomic E-state index is 7.40. The predicted molar refractivity (Wildman–Crippen MR) is 12.8 cm³/mol. The Kier molecular flexibility index (Phi) is 20.0. The second-order valence-electron chi connectivity index (χ2n) is 0.158. The number of hydrogen-bond donors (Lipinski definition) is 0. The first-order chi connectivity index (χ1) is 1.41. The van der Waals surface area contributed by atoms with E-state index >= 15 is 0 Å². The molecule has 0 aromatic carbocycles. The Morgan fingerprint density at radius 3 is 1.75 bits per heavy atom. The molecule has 0 heterocycles. The van der Waals surface area contributed by atoms with Gasteiger partial charge in [-0.1, -0.05) is 0 Å². The third-order valence-corrected chi connectivity index (χ3v) is 0. The van der Waals surface area contributed by atoms with Crippen molar-refractivity contribution in [2.75, 3.05) is 0 Å². The van der Waals surface area contributed by atoms with Crippen LogP contribution >= 0.6 is 0 Å². The van der Waals surface area contributed by atoms with E-state index in [1.807, 2.05) is 3.63 Å². The Balaban J connectivity index is 0. The van der Waals surface area contributed by atoms with Crippen molar-refractivity contribution in [1.29, 1.82) is 5.26 Å². The van der Waals surface area contributed by atoms with Crippen molar-refractivity contribution in [1.82, 2.24) is 0 Å². The SMILES string of the molecule is N#[C][Cd].[NaH]. The number of nitrogens with zero attached hydrogens (tertiary/aromatic N) is 1. The van der Waals surface area contributed by atoms with Gasteiger partial charge in [-0.15, -0.1) is 0 Å². The average Bonchev–Trinajstić information content (AvgIpc) is 0.918. The first-order valence-corrected chi connectivity index (χ1v) is 2.60. The molecule has 0 unspecified atom stereocenters. The molecular weight excluding hydrogens is 161 g/mol. The van der Waals surface area contributed by atoms with Crippen LogP contribution in [0.4, 0.5) is 0 Å². The van der Waals surface area contributed by atoms with E-state index in [0.29, 0.717) is 25.8 Å². The summed E-state index contributed by atoms with van der Waals surface area (Å²) in [5.41, 5.74) is 0. The van der Waals surface area contributed by atoms with Gasteiger partial charge < -0.3 is 0 Å². The average molecular weight is 162 g/mol. The van der Waals surface area contributed by atoms with Gasteiger partial charge in [0.05, 0.1) is 0 Å². The van der Waals surface area contributed by atoms with Gasteiger partial charge in [0.15, 0.2) is 0 Å². The molecule has 0 amide bonds. The Hall–Kier alpha value is 1.41. The van der Waals surface area contributed by atoms with Gasteiger partial charge in [0.25, 0.3) is 0 Å². The minimum absolute atomic E-state index is 0. The molecule has 0 aromatic heterocycles. The molecule has 3 heteroatoms. The van der Waals surface area contributed by atoms with Crippen LogP contribution in [0.1, 0.15) is 0 Å². The van der Waals surface area contributed by atoms with Crippen molar-refractivity contribution in [3.63, 3.8) is 0 Å². The summed E-state index contributed by atoms with van der Waals surface area (Å²) in [6, 6.07) is 0. The normalized spacial score (nSPS) is 2.25. The van der Waals surface area contributed by atoms with Crippen LogP contribution in [0, 0.1) is 8.89 Å².